The zero-order valence-electron chi connectivity index (χ0n) is 9.35. The first kappa shape index (κ1) is 12.4. The summed E-state index contributed by atoms with van der Waals surface area (Å²) in [4.78, 5) is 0. The van der Waals surface area contributed by atoms with Gasteiger partial charge in [0.2, 0.25) is 0 Å². The number of rotatable bonds is 2. The third-order valence-electron chi connectivity index (χ3n) is 3.36. The van der Waals surface area contributed by atoms with Gasteiger partial charge in [-0.2, -0.15) is 13.2 Å². The van der Waals surface area contributed by atoms with Crippen molar-refractivity contribution in [2.75, 3.05) is 13.1 Å². The lowest BCUT2D eigenvalue weighted by Gasteiger charge is -2.28. The Bertz CT molecular complexity index is 378. The van der Waals surface area contributed by atoms with E-state index in [1.807, 2.05) is 0 Å². The van der Waals surface area contributed by atoms with Gasteiger partial charge < -0.3 is 11.1 Å². The van der Waals surface area contributed by atoms with Crippen molar-refractivity contribution < 1.29 is 13.2 Å². The molecule has 0 aromatic heterocycles. The second-order valence-electron chi connectivity index (χ2n) is 4.39. The molecule has 1 atom stereocenters. The molecule has 0 amide bonds. The van der Waals surface area contributed by atoms with Crippen molar-refractivity contribution >= 4 is 0 Å². The van der Waals surface area contributed by atoms with Gasteiger partial charge in [-0.3, -0.25) is 0 Å². The largest absolute Gasteiger partial charge is 0.416 e. The Morgan fingerprint density at radius 1 is 1.24 bits per heavy atom. The number of hydrogen-bond donors (Lipinski definition) is 2. The van der Waals surface area contributed by atoms with Crippen LogP contribution >= 0.6 is 0 Å². The van der Waals surface area contributed by atoms with E-state index < -0.39 is 11.7 Å². The zero-order chi connectivity index (χ0) is 12.5. The highest BCUT2D eigenvalue weighted by atomic mass is 19.4. The van der Waals surface area contributed by atoms with E-state index in [-0.39, 0.29) is 5.54 Å². The first-order valence-corrected chi connectivity index (χ1v) is 5.61. The average Bonchev–Trinajstić information content (AvgIpc) is 2.78. The number of nitrogens with one attached hydrogen (secondary N) is 1. The molecule has 1 saturated heterocycles. The van der Waals surface area contributed by atoms with Gasteiger partial charge in [-0.05, 0) is 37.1 Å². The maximum absolute atomic E-state index is 12.4. The lowest BCUT2D eigenvalue weighted by molar-refractivity contribution is -0.137. The van der Waals surface area contributed by atoms with Crippen LogP contribution < -0.4 is 11.1 Å². The van der Waals surface area contributed by atoms with Crippen LogP contribution in [0.25, 0.3) is 0 Å². The highest BCUT2D eigenvalue weighted by Gasteiger charge is 2.35. The molecule has 3 N–H and O–H groups in total. The summed E-state index contributed by atoms with van der Waals surface area (Å²) < 4.78 is 37.3. The summed E-state index contributed by atoms with van der Waals surface area (Å²) in [6.07, 6.45) is -2.41. The fourth-order valence-corrected chi connectivity index (χ4v) is 2.32. The van der Waals surface area contributed by atoms with Crippen LogP contribution in [0.5, 0.6) is 0 Å². The quantitative estimate of drug-likeness (QED) is 0.837. The van der Waals surface area contributed by atoms with Gasteiger partial charge in [0.05, 0.1) is 11.1 Å². The Labute approximate surface area is 98.0 Å². The van der Waals surface area contributed by atoms with Crippen molar-refractivity contribution in [3.8, 4) is 0 Å². The zero-order valence-corrected chi connectivity index (χ0v) is 9.35. The minimum Gasteiger partial charge on any atom is -0.328 e. The molecule has 1 aromatic rings. The molecule has 2 rings (SSSR count). The Morgan fingerprint density at radius 2 is 1.88 bits per heavy atom. The third-order valence-corrected chi connectivity index (χ3v) is 3.36. The molecule has 1 aliphatic heterocycles. The molecule has 5 heteroatoms. The molecule has 94 valence electrons. The lowest BCUT2D eigenvalue weighted by atomic mass is 9.88. The summed E-state index contributed by atoms with van der Waals surface area (Å²) in [5.74, 6) is 0. The summed E-state index contributed by atoms with van der Waals surface area (Å²) in [5, 5.41) is 3.29. The van der Waals surface area contributed by atoms with Crippen molar-refractivity contribution in [1.29, 1.82) is 0 Å². The van der Waals surface area contributed by atoms with Crippen molar-refractivity contribution in [2.24, 2.45) is 5.73 Å². The molecule has 1 aliphatic rings. The summed E-state index contributed by atoms with van der Waals surface area (Å²) in [7, 11) is 0. The van der Waals surface area contributed by atoms with Crippen LogP contribution in [-0.4, -0.2) is 13.1 Å². The second-order valence-corrected chi connectivity index (χ2v) is 4.39. The van der Waals surface area contributed by atoms with Crippen LogP contribution in [-0.2, 0) is 11.7 Å². The fourth-order valence-electron chi connectivity index (χ4n) is 2.32. The van der Waals surface area contributed by atoms with Gasteiger partial charge in [-0.25, -0.2) is 0 Å². The van der Waals surface area contributed by atoms with Crippen LogP contribution in [0.1, 0.15) is 24.0 Å². The first-order valence-electron chi connectivity index (χ1n) is 5.61. The maximum atomic E-state index is 12.4. The van der Waals surface area contributed by atoms with E-state index in [2.05, 4.69) is 5.32 Å². The number of alkyl halides is 3. The Morgan fingerprint density at radius 3 is 2.29 bits per heavy atom. The van der Waals surface area contributed by atoms with Gasteiger partial charge in [0.25, 0.3) is 0 Å². The molecule has 17 heavy (non-hydrogen) atoms. The van der Waals surface area contributed by atoms with E-state index in [1.54, 1.807) is 0 Å². The minimum absolute atomic E-state index is 0.343. The number of benzene rings is 1. The predicted octanol–water partition coefficient (Wildman–Crippen LogP) is 2.24. The van der Waals surface area contributed by atoms with Crippen LogP contribution in [0, 0.1) is 0 Å². The van der Waals surface area contributed by atoms with Gasteiger partial charge in [0.15, 0.2) is 0 Å². The van der Waals surface area contributed by atoms with Gasteiger partial charge in [0, 0.05) is 6.54 Å². The molecule has 0 saturated carbocycles. The molecule has 0 radical (unpaired) electrons. The van der Waals surface area contributed by atoms with E-state index in [0.29, 0.717) is 6.54 Å². The van der Waals surface area contributed by atoms with E-state index in [0.717, 1.165) is 37.1 Å². The Hall–Kier alpha value is -1.07. The van der Waals surface area contributed by atoms with Gasteiger partial charge in [-0.1, -0.05) is 12.1 Å². The number of nitrogens with two attached hydrogens (primary N) is 1. The average molecular weight is 244 g/mol. The van der Waals surface area contributed by atoms with Gasteiger partial charge in [0.1, 0.15) is 0 Å². The molecular weight excluding hydrogens is 229 g/mol. The molecule has 1 heterocycles. The summed E-state index contributed by atoms with van der Waals surface area (Å²) >= 11 is 0. The number of hydrogen-bond acceptors (Lipinski definition) is 2. The molecule has 1 unspecified atom stereocenters. The third kappa shape index (κ3) is 2.30. The number of halogens is 3. The van der Waals surface area contributed by atoms with E-state index in [4.69, 9.17) is 5.73 Å². The Kier molecular flexibility index (Phi) is 3.14. The molecular formula is C12H15F3N2. The summed E-state index contributed by atoms with van der Waals surface area (Å²) in [5.41, 5.74) is 5.62. The van der Waals surface area contributed by atoms with Crippen LogP contribution in [0.3, 0.4) is 0 Å². The molecule has 1 aromatic carbocycles. The molecule has 2 nitrogen and oxygen atoms in total. The van der Waals surface area contributed by atoms with E-state index in [1.165, 1.54) is 12.1 Å². The normalized spacial score (nSPS) is 25.2. The summed E-state index contributed by atoms with van der Waals surface area (Å²) in [6.45, 7) is 1.26. The fraction of sp³-hybridized carbons (Fsp3) is 0.500. The molecule has 1 fully saturated rings. The first-order chi connectivity index (χ1) is 7.98. The Balaban J connectivity index is 2.28. The van der Waals surface area contributed by atoms with E-state index in [9.17, 15) is 13.2 Å². The SMILES string of the molecule is NCC1(c2ccc(C(F)(F)F)cc2)CCCN1. The van der Waals surface area contributed by atoms with Gasteiger partial charge >= 0.3 is 6.18 Å². The predicted molar refractivity (Wildman–Crippen MR) is 59.4 cm³/mol. The lowest BCUT2D eigenvalue weighted by Crippen LogP contribution is -2.43. The molecule has 0 aliphatic carbocycles. The molecule has 0 spiro atoms. The smallest absolute Gasteiger partial charge is 0.328 e. The summed E-state index contributed by atoms with van der Waals surface area (Å²) in [6, 6.07) is 5.28. The highest BCUT2D eigenvalue weighted by Crippen LogP contribution is 2.33. The highest BCUT2D eigenvalue weighted by molar-refractivity contribution is 5.31. The van der Waals surface area contributed by atoms with Crippen molar-refractivity contribution in [1.82, 2.24) is 5.32 Å². The standard InChI is InChI=1S/C12H15F3N2/c13-12(14,15)10-4-2-9(3-5-10)11(8-16)6-1-7-17-11/h2-5,17H,1,6-8,16H2. The van der Waals surface area contributed by atoms with Gasteiger partial charge in [-0.15, -0.1) is 0 Å². The van der Waals surface area contributed by atoms with Crippen molar-refractivity contribution in [2.45, 2.75) is 24.6 Å². The van der Waals surface area contributed by atoms with Crippen LogP contribution in [0.15, 0.2) is 24.3 Å². The van der Waals surface area contributed by atoms with E-state index >= 15 is 0 Å². The monoisotopic (exact) mass is 244 g/mol. The maximum Gasteiger partial charge on any atom is 0.416 e. The van der Waals surface area contributed by atoms with Crippen LogP contribution in [0.2, 0.25) is 0 Å². The second kappa shape index (κ2) is 4.31. The van der Waals surface area contributed by atoms with Crippen molar-refractivity contribution in [3.63, 3.8) is 0 Å². The minimum atomic E-state index is -4.28. The van der Waals surface area contributed by atoms with Crippen LogP contribution in [0.4, 0.5) is 13.2 Å². The topological polar surface area (TPSA) is 38.0 Å². The molecule has 0 bridgehead atoms. The van der Waals surface area contributed by atoms with Crippen molar-refractivity contribution in [3.05, 3.63) is 35.4 Å².